The summed E-state index contributed by atoms with van der Waals surface area (Å²) in [4.78, 5) is 16.1. The predicted molar refractivity (Wildman–Crippen MR) is 78.7 cm³/mol. The van der Waals surface area contributed by atoms with Crippen LogP contribution in [0.1, 0.15) is 17.2 Å². The molecule has 0 saturated carbocycles. The maximum atomic E-state index is 12.0. The molecule has 4 nitrogen and oxygen atoms in total. The van der Waals surface area contributed by atoms with Crippen molar-refractivity contribution in [2.24, 2.45) is 0 Å². The second kappa shape index (κ2) is 7.53. The number of halogens is 1. The van der Waals surface area contributed by atoms with E-state index in [0.717, 1.165) is 5.56 Å². The van der Waals surface area contributed by atoms with Crippen LogP contribution in [0.15, 0.2) is 48.7 Å². The zero-order valence-corrected chi connectivity index (χ0v) is 12.0. The molecule has 0 spiro atoms. The summed E-state index contributed by atoms with van der Waals surface area (Å²) in [6, 6.07) is 14.3. The van der Waals surface area contributed by atoms with Gasteiger partial charge in [0.1, 0.15) is 12.5 Å². The number of pyridine rings is 1. The monoisotopic (exact) mass is 300 g/mol. The molecule has 0 fully saturated rings. The minimum absolute atomic E-state index is 0.153. The zero-order chi connectivity index (χ0) is 15.1. The summed E-state index contributed by atoms with van der Waals surface area (Å²) >= 11 is 6.00. The molecule has 2 aromatic rings. The van der Waals surface area contributed by atoms with E-state index in [9.17, 15) is 4.79 Å². The number of hydrogen-bond donors (Lipinski definition) is 0. The van der Waals surface area contributed by atoms with Gasteiger partial charge in [0, 0.05) is 11.2 Å². The smallest absolute Gasteiger partial charge is 0.181 e. The van der Waals surface area contributed by atoms with Gasteiger partial charge in [-0.25, -0.2) is 0 Å². The molecule has 2 rings (SSSR count). The van der Waals surface area contributed by atoms with Crippen molar-refractivity contribution in [2.45, 2.75) is 12.5 Å². The first-order valence-corrected chi connectivity index (χ1v) is 6.74. The molecule has 0 amide bonds. The van der Waals surface area contributed by atoms with Gasteiger partial charge in [0.2, 0.25) is 0 Å². The van der Waals surface area contributed by atoms with Crippen molar-refractivity contribution >= 4 is 17.4 Å². The molecular formula is C16H13ClN2O2. The van der Waals surface area contributed by atoms with Gasteiger partial charge in [0.05, 0.1) is 18.4 Å². The summed E-state index contributed by atoms with van der Waals surface area (Å²) in [7, 11) is 0. The molecule has 1 unspecified atom stereocenters. The van der Waals surface area contributed by atoms with Crippen LogP contribution in [-0.2, 0) is 16.1 Å². The largest absolute Gasteiger partial charge is 0.369 e. The Balaban J connectivity index is 1.93. The van der Waals surface area contributed by atoms with Gasteiger partial charge >= 0.3 is 0 Å². The first-order valence-electron chi connectivity index (χ1n) is 6.37. The standard InChI is InChI=1S/C16H13ClN2O2/c17-14-6-2-1-5-12(14)10-21-11-16(20)13(9-18)15-7-3-4-8-19-15/h1-8,13H,10-11H2. The van der Waals surface area contributed by atoms with Crippen molar-refractivity contribution in [1.29, 1.82) is 5.26 Å². The number of benzene rings is 1. The number of carbonyl (C=O) groups is 1. The van der Waals surface area contributed by atoms with Gasteiger partial charge in [-0.3, -0.25) is 9.78 Å². The molecular weight excluding hydrogens is 288 g/mol. The van der Waals surface area contributed by atoms with Crippen LogP contribution in [-0.4, -0.2) is 17.4 Å². The highest BCUT2D eigenvalue weighted by atomic mass is 35.5. The third-order valence-corrected chi connectivity index (χ3v) is 3.26. The number of carbonyl (C=O) groups excluding carboxylic acids is 1. The second-order valence-electron chi connectivity index (χ2n) is 4.37. The van der Waals surface area contributed by atoms with Crippen LogP contribution in [0, 0.1) is 11.3 Å². The lowest BCUT2D eigenvalue weighted by molar-refractivity contribution is -0.124. The Morgan fingerprint density at radius 2 is 2.05 bits per heavy atom. The Morgan fingerprint density at radius 3 is 2.71 bits per heavy atom. The highest BCUT2D eigenvalue weighted by Gasteiger charge is 2.21. The van der Waals surface area contributed by atoms with Crippen LogP contribution in [0.2, 0.25) is 5.02 Å². The van der Waals surface area contributed by atoms with Crippen LogP contribution >= 0.6 is 11.6 Å². The molecule has 21 heavy (non-hydrogen) atoms. The topological polar surface area (TPSA) is 63.0 Å². The lowest BCUT2D eigenvalue weighted by Crippen LogP contribution is -2.18. The lowest BCUT2D eigenvalue weighted by Gasteiger charge is -2.09. The van der Waals surface area contributed by atoms with Gasteiger partial charge in [-0.05, 0) is 23.8 Å². The second-order valence-corrected chi connectivity index (χ2v) is 4.77. The van der Waals surface area contributed by atoms with Crippen molar-refractivity contribution in [1.82, 2.24) is 4.98 Å². The van der Waals surface area contributed by atoms with E-state index in [1.807, 2.05) is 24.3 Å². The third kappa shape index (κ3) is 4.12. The van der Waals surface area contributed by atoms with Crippen LogP contribution in [0.25, 0.3) is 0 Å². The Kier molecular flexibility index (Phi) is 5.44. The van der Waals surface area contributed by atoms with E-state index in [0.29, 0.717) is 10.7 Å². The van der Waals surface area contributed by atoms with Crippen molar-refractivity contribution in [3.63, 3.8) is 0 Å². The predicted octanol–water partition coefficient (Wildman–Crippen LogP) is 3.13. The average molecular weight is 301 g/mol. The molecule has 1 atom stereocenters. The van der Waals surface area contributed by atoms with Crippen molar-refractivity contribution in [3.05, 3.63) is 64.9 Å². The van der Waals surface area contributed by atoms with Crippen LogP contribution < -0.4 is 0 Å². The summed E-state index contributed by atoms with van der Waals surface area (Å²) in [5.74, 6) is -1.22. The summed E-state index contributed by atoms with van der Waals surface area (Å²) < 4.78 is 5.35. The molecule has 1 aromatic carbocycles. The normalized spacial score (nSPS) is 11.6. The van der Waals surface area contributed by atoms with Crippen LogP contribution in [0.3, 0.4) is 0 Å². The van der Waals surface area contributed by atoms with E-state index in [4.69, 9.17) is 21.6 Å². The molecule has 0 aliphatic heterocycles. The maximum absolute atomic E-state index is 12.0. The summed E-state index contributed by atoms with van der Waals surface area (Å²) in [6.07, 6.45) is 1.55. The van der Waals surface area contributed by atoms with Crippen LogP contribution in [0.5, 0.6) is 0 Å². The fraction of sp³-hybridized carbons (Fsp3) is 0.188. The SMILES string of the molecule is N#CC(C(=O)COCc1ccccc1Cl)c1ccccn1. The van der Waals surface area contributed by atoms with E-state index in [2.05, 4.69) is 4.98 Å². The highest BCUT2D eigenvalue weighted by molar-refractivity contribution is 6.31. The number of hydrogen-bond acceptors (Lipinski definition) is 4. The average Bonchev–Trinajstić information content (AvgIpc) is 2.51. The zero-order valence-electron chi connectivity index (χ0n) is 11.2. The van der Waals surface area contributed by atoms with Gasteiger partial charge in [0.15, 0.2) is 5.78 Å². The number of ether oxygens (including phenoxy) is 1. The van der Waals surface area contributed by atoms with E-state index < -0.39 is 5.92 Å². The minimum atomic E-state index is -0.905. The molecule has 1 heterocycles. The molecule has 1 aromatic heterocycles. The van der Waals surface area contributed by atoms with E-state index in [-0.39, 0.29) is 19.0 Å². The lowest BCUT2D eigenvalue weighted by atomic mass is 10.0. The maximum Gasteiger partial charge on any atom is 0.181 e. The van der Waals surface area contributed by atoms with Crippen LogP contribution in [0.4, 0.5) is 0 Å². The Bertz CT molecular complexity index is 653. The van der Waals surface area contributed by atoms with E-state index in [1.165, 1.54) is 0 Å². The van der Waals surface area contributed by atoms with E-state index in [1.54, 1.807) is 30.5 Å². The van der Waals surface area contributed by atoms with Gasteiger partial charge < -0.3 is 4.74 Å². The summed E-state index contributed by atoms with van der Waals surface area (Å²) in [6.45, 7) is 0.0752. The Hall–Kier alpha value is -2.22. The summed E-state index contributed by atoms with van der Waals surface area (Å²) in [5.41, 5.74) is 1.24. The number of nitriles is 1. The van der Waals surface area contributed by atoms with Crippen molar-refractivity contribution in [2.75, 3.05) is 6.61 Å². The molecule has 0 aliphatic carbocycles. The molecule has 0 N–H and O–H groups in total. The molecule has 5 heteroatoms. The molecule has 0 aliphatic rings. The first-order chi connectivity index (χ1) is 10.2. The van der Waals surface area contributed by atoms with Crippen molar-refractivity contribution < 1.29 is 9.53 Å². The fourth-order valence-electron chi connectivity index (χ4n) is 1.81. The van der Waals surface area contributed by atoms with E-state index >= 15 is 0 Å². The summed E-state index contributed by atoms with van der Waals surface area (Å²) in [5, 5.41) is 9.71. The fourth-order valence-corrected chi connectivity index (χ4v) is 2.00. The third-order valence-electron chi connectivity index (χ3n) is 2.89. The minimum Gasteiger partial charge on any atom is -0.369 e. The Labute approximate surface area is 128 Å². The molecule has 0 radical (unpaired) electrons. The number of ketones is 1. The first kappa shape index (κ1) is 15.2. The highest BCUT2D eigenvalue weighted by Crippen LogP contribution is 2.17. The molecule has 0 bridgehead atoms. The number of nitrogens with zero attached hydrogens (tertiary/aromatic N) is 2. The van der Waals surface area contributed by atoms with Crippen molar-refractivity contribution in [3.8, 4) is 6.07 Å². The van der Waals surface area contributed by atoms with Gasteiger partial charge in [-0.2, -0.15) is 5.26 Å². The quantitative estimate of drug-likeness (QED) is 0.822. The van der Waals surface area contributed by atoms with Gasteiger partial charge in [-0.15, -0.1) is 0 Å². The van der Waals surface area contributed by atoms with Gasteiger partial charge in [-0.1, -0.05) is 35.9 Å². The number of aromatic nitrogens is 1. The van der Waals surface area contributed by atoms with Gasteiger partial charge in [0.25, 0.3) is 0 Å². The molecule has 106 valence electrons. The molecule has 0 saturated heterocycles. The number of rotatable bonds is 6. The number of Topliss-reactive ketones (excluding diaryl/α,β-unsaturated/α-hetero) is 1. The Morgan fingerprint density at radius 1 is 1.29 bits per heavy atom.